The van der Waals surface area contributed by atoms with Crippen molar-refractivity contribution in [3.63, 3.8) is 0 Å². The SMILES string of the molecule is O=C(O)CCc1noc(-c2cccc(Cl)c2)n1. The predicted molar refractivity (Wildman–Crippen MR) is 60.7 cm³/mol. The highest BCUT2D eigenvalue weighted by molar-refractivity contribution is 6.30. The monoisotopic (exact) mass is 252 g/mol. The average Bonchev–Trinajstić information content (AvgIpc) is 2.75. The molecule has 0 amide bonds. The van der Waals surface area contributed by atoms with Gasteiger partial charge in [-0.15, -0.1) is 0 Å². The zero-order chi connectivity index (χ0) is 12.3. The van der Waals surface area contributed by atoms with Gasteiger partial charge >= 0.3 is 5.97 Å². The molecule has 1 heterocycles. The van der Waals surface area contributed by atoms with Crippen molar-refractivity contribution in [2.24, 2.45) is 0 Å². The fourth-order valence-electron chi connectivity index (χ4n) is 1.31. The summed E-state index contributed by atoms with van der Waals surface area (Å²) in [6.07, 6.45) is 0.230. The maximum absolute atomic E-state index is 10.4. The summed E-state index contributed by atoms with van der Waals surface area (Å²) < 4.78 is 5.03. The summed E-state index contributed by atoms with van der Waals surface area (Å²) in [5.41, 5.74) is 0.714. The molecule has 6 heteroatoms. The van der Waals surface area contributed by atoms with Crippen molar-refractivity contribution in [3.05, 3.63) is 35.1 Å². The van der Waals surface area contributed by atoms with Crippen LogP contribution in [0.2, 0.25) is 5.02 Å². The van der Waals surface area contributed by atoms with Gasteiger partial charge in [0.2, 0.25) is 0 Å². The number of carboxylic acid groups (broad SMARTS) is 1. The lowest BCUT2D eigenvalue weighted by Gasteiger charge is -1.93. The van der Waals surface area contributed by atoms with Crippen molar-refractivity contribution in [3.8, 4) is 11.5 Å². The quantitative estimate of drug-likeness (QED) is 0.904. The minimum absolute atomic E-state index is 0.0193. The Morgan fingerprint density at radius 1 is 1.47 bits per heavy atom. The molecular weight excluding hydrogens is 244 g/mol. The molecule has 0 spiro atoms. The molecule has 88 valence electrons. The van der Waals surface area contributed by atoms with Crippen LogP contribution in [0.1, 0.15) is 12.2 Å². The predicted octanol–water partition coefficient (Wildman–Crippen LogP) is 2.41. The zero-order valence-electron chi connectivity index (χ0n) is 8.76. The van der Waals surface area contributed by atoms with E-state index in [-0.39, 0.29) is 12.8 Å². The lowest BCUT2D eigenvalue weighted by atomic mass is 10.2. The van der Waals surface area contributed by atoms with Gasteiger partial charge in [-0.1, -0.05) is 22.8 Å². The van der Waals surface area contributed by atoms with E-state index >= 15 is 0 Å². The van der Waals surface area contributed by atoms with Crippen LogP contribution >= 0.6 is 11.6 Å². The van der Waals surface area contributed by atoms with Gasteiger partial charge in [-0.2, -0.15) is 4.98 Å². The number of aliphatic carboxylic acids is 1. The average molecular weight is 253 g/mol. The number of hydrogen-bond donors (Lipinski definition) is 1. The Morgan fingerprint density at radius 3 is 3.00 bits per heavy atom. The Bertz CT molecular complexity index is 539. The Kier molecular flexibility index (Phi) is 3.39. The van der Waals surface area contributed by atoms with Gasteiger partial charge in [0.15, 0.2) is 5.82 Å². The smallest absolute Gasteiger partial charge is 0.303 e. The van der Waals surface area contributed by atoms with Crippen LogP contribution in [0.25, 0.3) is 11.5 Å². The first-order chi connectivity index (χ1) is 8.15. The number of benzene rings is 1. The fraction of sp³-hybridized carbons (Fsp3) is 0.182. The number of aryl methyl sites for hydroxylation is 1. The van der Waals surface area contributed by atoms with Gasteiger partial charge in [0, 0.05) is 17.0 Å². The third-order valence-electron chi connectivity index (χ3n) is 2.10. The van der Waals surface area contributed by atoms with E-state index < -0.39 is 5.97 Å². The summed E-state index contributed by atoms with van der Waals surface area (Å²) >= 11 is 5.84. The van der Waals surface area contributed by atoms with E-state index in [4.69, 9.17) is 21.2 Å². The van der Waals surface area contributed by atoms with Crippen LogP contribution in [0.5, 0.6) is 0 Å². The molecule has 0 radical (unpaired) electrons. The number of rotatable bonds is 4. The summed E-state index contributed by atoms with van der Waals surface area (Å²) in [7, 11) is 0. The van der Waals surface area contributed by atoms with E-state index in [0.29, 0.717) is 22.3 Å². The Labute approximate surface area is 102 Å². The van der Waals surface area contributed by atoms with Crippen LogP contribution in [0, 0.1) is 0 Å². The fourth-order valence-corrected chi connectivity index (χ4v) is 1.50. The third kappa shape index (κ3) is 3.04. The molecule has 0 fully saturated rings. The van der Waals surface area contributed by atoms with Crippen molar-refractivity contribution >= 4 is 17.6 Å². The highest BCUT2D eigenvalue weighted by Crippen LogP contribution is 2.21. The van der Waals surface area contributed by atoms with Gasteiger partial charge in [-0.3, -0.25) is 4.79 Å². The van der Waals surface area contributed by atoms with Crippen molar-refractivity contribution < 1.29 is 14.4 Å². The second-order valence-electron chi connectivity index (χ2n) is 3.42. The van der Waals surface area contributed by atoms with Crippen LogP contribution in [-0.4, -0.2) is 21.2 Å². The Hall–Kier alpha value is -1.88. The number of aromatic nitrogens is 2. The summed E-state index contributed by atoms with van der Waals surface area (Å²) in [6.45, 7) is 0. The number of halogens is 1. The summed E-state index contributed by atoms with van der Waals surface area (Å²) in [4.78, 5) is 14.5. The standard InChI is InChI=1S/C11H9ClN2O3/c12-8-3-1-2-7(6-8)11-13-9(14-17-11)4-5-10(15)16/h1-3,6H,4-5H2,(H,15,16). The minimum Gasteiger partial charge on any atom is -0.481 e. The van der Waals surface area contributed by atoms with Gasteiger partial charge in [0.1, 0.15) is 0 Å². The number of nitrogens with zero attached hydrogens (tertiary/aromatic N) is 2. The largest absolute Gasteiger partial charge is 0.481 e. The molecule has 17 heavy (non-hydrogen) atoms. The van der Waals surface area contributed by atoms with E-state index in [1.807, 2.05) is 0 Å². The lowest BCUT2D eigenvalue weighted by Crippen LogP contribution is -1.98. The van der Waals surface area contributed by atoms with Gasteiger partial charge in [0.05, 0.1) is 6.42 Å². The summed E-state index contributed by atoms with van der Waals surface area (Å²) in [6, 6.07) is 7.02. The van der Waals surface area contributed by atoms with Crippen LogP contribution in [0.4, 0.5) is 0 Å². The molecule has 0 bridgehead atoms. The van der Waals surface area contributed by atoms with Crippen molar-refractivity contribution in [2.45, 2.75) is 12.8 Å². The first-order valence-electron chi connectivity index (χ1n) is 4.95. The minimum atomic E-state index is -0.890. The molecule has 1 N–H and O–H groups in total. The van der Waals surface area contributed by atoms with Gasteiger partial charge in [0.25, 0.3) is 5.89 Å². The van der Waals surface area contributed by atoms with E-state index in [1.165, 1.54) is 0 Å². The number of carboxylic acids is 1. The maximum Gasteiger partial charge on any atom is 0.303 e. The maximum atomic E-state index is 10.4. The third-order valence-corrected chi connectivity index (χ3v) is 2.34. The molecule has 2 aromatic rings. The highest BCUT2D eigenvalue weighted by atomic mass is 35.5. The highest BCUT2D eigenvalue weighted by Gasteiger charge is 2.10. The summed E-state index contributed by atoms with van der Waals surface area (Å²) in [5, 5.41) is 12.8. The molecule has 0 aliphatic heterocycles. The number of hydrogen-bond acceptors (Lipinski definition) is 4. The first-order valence-corrected chi connectivity index (χ1v) is 5.33. The first kappa shape index (κ1) is 11.6. The van der Waals surface area contributed by atoms with Crippen molar-refractivity contribution in [1.82, 2.24) is 10.1 Å². The van der Waals surface area contributed by atoms with E-state index in [1.54, 1.807) is 24.3 Å². The molecule has 0 aliphatic carbocycles. The molecular formula is C11H9ClN2O3. The topological polar surface area (TPSA) is 76.2 Å². The molecule has 2 rings (SSSR count). The van der Waals surface area contributed by atoms with Crippen LogP contribution in [0.15, 0.2) is 28.8 Å². The summed E-state index contributed by atoms with van der Waals surface area (Å²) in [5.74, 6) is -0.172. The van der Waals surface area contributed by atoms with Gasteiger partial charge in [-0.05, 0) is 18.2 Å². The molecule has 1 aromatic carbocycles. The normalized spacial score (nSPS) is 10.4. The molecule has 0 saturated carbocycles. The van der Waals surface area contributed by atoms with E-state index in [0.717, 1.165) is 0 Å². The van der Waals surface area contributed by atoms with Gasteiger partial charge in [-0.25, -0.2) is 0 Å². The van der Waals surface area contributed by atoms with Crippen molar-refractivity contribution in [2.75, 3.05) is 0 Å². The molecule has 1 aromatic heterocycles. The molecule has 0 atom stereocenters. The zero-order valence-corrected chi connectivity index (χ0v) is 9.52. The van der Waals surface area contributed by atoms with Gasteiger partial charge < -0.3 is 9.63 Å². The van der Waals surface area contributed by atoms with Crippen LogP contribution < -0.4 is 0 Å². The van der Waals surface area contributed by atoms with Crippen LogP contribution in [-0.2, 0) is 11.2 Å². The van der Waals surface area contributed by atoms with Crippen molar-refractivity contribution in [1.29, 1.82) is 0 Å². The number of carbonyl (C=O) groups is 1. The van der Waals surface area contributed by atoms with E-state index in [9.17, 15) is 4.79 Å². The Morgan fingerprint density at radius 2 is 2.29 bits per heavy atom. The lowest BCUT2D eigenvalue weighted by molar-refractivity contribution is -0.137. The molecule has 5 nitrogen and oxygen atoms in total. The molecule has 0 aliphatic rings. The second kappa shape index (κ2) is 4.97. The molecule has 0 unspecified atom stereocenters. The molecule has 0 saturated heterocycles. The van der Waals surface area contributed by atoms with Crippen LogP contribution in [0.3, 0.4) is 0 Å². The van der Waals surface area contributed by atoms with E-state index in [2.05, 4.69) is 10.1 Å². The Balaban J connectivity index is 2.15. The second-order valence-corrected chi connectivity index (χ2v) is 3.86.